The first kappa shape index (κ1) is 17.5. The predicted molar refractivity (Wildman–Crippen MR) is 106 cm³/mol. The first-order valence-electron chi connectivity index (χ1n) is 9.98. The SMILES string of the molecule is CCC1(CC)C(=O)N([C@H]2C[C@@H](N3CCCCC3)C2)c2cc(Br)ccc21. The van der Waals surface area contributed by atoms with Gasteiger partial charge in [0.15, 0.2) is 0 Å². The number of likely N-dealkylation sites (tertiary alicyclic amines) is 1. The van der Waals surface area contributed by atoms with Gasteiger partial charge in [0.25, 0.3) is 0 Å². The zero-order valence-electron chi connectivity index (χ0n) is 15.4. The molecule has 1 amide bonds. The molecule has 25 heavy (non-hydrogen) atoms. The molecule has 0 unspecified atom stereocenters. The fraction of sp³-hybridized carbons (Fsp3) is 0.667. The number of rotatable bonds is 4. The minimum absolute atomic E-state index is 0.313. The number of hydrogen-bond donors (Lipinski definition) is 0. The van der Waals surface area contributed by atoms with E-state index in [1.165, 1.54) is 37.9 Å². The molecule has 1 aliphatic carbocycles. The molecule has 136 valence electrons. The fourth-order valence-electron chi connectivity index (χ4n) is 5.21. The van der Waals surface area contributed by atoms with Gasteiger partial charge < -0.3 is 9.80 Å². The van der Waals surface area contributed by atoms with Crippen molar-refractivity contribution in [2.24, 2.45) is 0 Å². The molecule has 1 aromatic rings. The topological polar surface area (TPSA) is 23.6 Å². The number of benzene rings is 1. The molecular weight excluding hydrogens is 376 g/mol. The molecule has 3 nitrogen and oxygen atoms in total. The standard InChI is InChI=1S/C21H29BrN2O/c1-3-21(4-2)18-9-8-15(22)12-19(18)24(20(21)25)17-13-16(14-17)23-10-6-5-7-11-23/h8-9,12,16-17H,3-7,10-11,13-14H2,1-2H3/t16-,17+. The molecule has 1 aromatic carbocycles. The van der Waals surface area contributed by atoms with Gasteiger partial charge in [-0.25, -0.2) is 0 Å². The van der Waals surface area contributed by atoms with Crippen LogP contribution < -0.4 is 4.90 Å². The second kappa shape index (κ2) is 6.70. The van der Waals surface area contributed by atoms with Crippen LogP contribution in [0.4, 0.5) is 5.69 Å². The van der Waals surface area contributed by atoms with Gasteiger partial charge >= 0.3 is 0 Å². The smallest absolute Gasteiger partial charge is 0.237 e. The van der Waals surface area contributed by atoms with E-state index in [9.17, 15) is 4.79 Å². The summed E-state index contributed by atoms with van der Waals surface area (Å²) in [5.41, 5.74) is 2.09. The number of halogens is 1. The largest absolute Gasteiger partial charge is 0.308 e. The van der Waals surface area contributed by atoms with E-state index in [-0.39, 0.29) is 5.41 Å². The highest BCUT2D eigenvalue weighted by Crippen LogP contribution is 2.50. The fourth-order valence-corrected chi connectivity index (χ4v) is 5.56. The Balaban J connectivity index is 1.58. The molecule has 2 aliphatic heterocycles. The van der Waals surface area contributed by atoms with E-state index in [0.717, 1.165) is 35.8 Å². The van der Waals surface area contributed by atoms with Crippen molar-refractivity contribution in [1.29, 1.82) is 0 Å². The van der Waals surface area contributed by atoms with Crippen molar-refractivity contribution in [1.82, 2.24) is 4.90 Å². The molecule has 2 fully saturated rings. The normalized spacial score (nSPS) is 28.8. The van der Waals surface area contributed by atoms with E-state index >= 15 is 0 Å². The summed E-state index contributed by atoms with van der Waals surface area (Å²) >= 11 is 3.61. The Morgan fingerprint density at radius 3 is 2.40 bits per heavy atom. The predicted octanol–water partition coefficient (Wildman–Crippen LogP) is 4.87. The molecule has 0 atom stereocenters. The highest BCUT2D eigenvalue weighted by atomic mass is 79.9. The Bertz CT molecular complexity index is 658. The van der Waals surface area contributed by atoms with Crippen molar-refractivity contribution in [3.8, 4) is 0 Å². The number of anilines is 1. The Morgan fingerprint density at radius 2 is 1.76 bits per heavy atom. The van der Waals surface area contributed by atoms with Crippen molar-refractivity contribution in [2.75, 3.05) is 18.0 Å². The summed E-state index contributed by atoms with van der Waals surface area (Å²) in [6, 6.07) is 7.49. The van der Waals surface area contributed by atoms with E-state index < -0.39 is 0 Å². The Morgan fingerprint density at radius 1 is 1.08 bits per heavy atom. The molecule has 4 heteroatoms. The van der Waals surface area contributed by atoms with Crippen LogP contribution >= 0.6 is 15.9 Å². The third-order valence-electron chi connectivity index (χ3n) is 6.93. The second-order valence-electron chi connectivity index (χ2n) is 8.00. The molecule has 1 saturated carbocycles. The zero-order chi connectivity index (χ0) is 17.6. The van der Waals surface area contributed by atoms with Crippen LogP contribution in [0.25, 0.3) is 0 Å². The summed E-state index contributed by atoms with van der Waals surface area (Å²) in [5, 5.41) is 0. The van der Waals surface area contributed by atoms with Gasteiger partial charge in [-0.05, 0) is 69.3 Å². The van der Waals surface area contributed by atoms with Crippen LogP contribution in [0, 0.1) is 0 Å². The van der Waals surface area contributed by atoms with Gasteiger partial charge in [0.05, 0.1) is 5.41 Å². The summed E-state index contributed by atoms with van der Waals surface area (Å²) in [6.45, 7) is 6.82. The van der Waals surface area contributed by atoms with E-state index in [2.05, 4.69) is 57.8 Å². The minimum Gasteiger partial charge on any atom is -0.308 e. The van der Waals surface area contributed by atoms with Gasteiger partial charge in [-0.15, -0.1) is 0 Å². The van der Waals surface area contributed by atoms with Crippen LogP contribution in [0.15, 0.2) is 22.7 Å². The Hall–Kier alpha value is -0.870. The van der Waals surface area contributed by atoms with E-state index in [4.69, 9.17) is 0 Å². The lowest BCUT2D eigenvalue weighted by Crippen LogP contribution is -2.57. The van der Waals surface area contributed by atoms with Crippen LogP contribution in [-0.2, 0) is 10.2 Å². The third kappa shape index (κ3) is 2.68. The minimum atomic E-state index is -0.313. The van der Waals surface area contributed by atoms with Crippen molar-refractivity contribution in [3.05, 3.63) is 28.2 Å². The van der Waals surface area contributed by atoms with Crippen LogP contribution in [-0.4, -0.2) is 36.0 Å². The quantitative estimate of drug-likeness (QED) is 0.714. The Labute approximate surface area is 159 Å². The first-order valence-corrected chi connectivity index (χ1v) is 10.8. The van der Waals surface area contributed by atoms with Crippen LogP contribution in [0.1, 0.15) is 64.4 Å². The molecule has 3 aliphatic rings. The van der Waals surface area contributed by atoms with Crippen LogP contribution in [0.2, 0.25) is 0 Å². The van der Waals surface area contributed by atoms with Crippen molar-refractivity contribution in [2.45, 2.75) is 76.3 Å². The summed E-state index contributed by atoms with van der Waals surface area (Å²) in [5.74, 6) is 0.340. The maximum absolute atomic E-state index is 13.5. The van der Waals surface area contributed by atoms with E-state index in [1.54, 1.807) is 0 Å². The van der Waals surface area contributed by atoms with Gasteiger partial charge in [0.1, 0.15) is 0 Å². The molecule has 0 spiro atoms. The average molecular weight is 405 g/mol. The van der Waals surface area contributed by atoms with Crippen LogP contribution in [0.3, 0.4) is 0 Å². The lowest BCUT2D eigenvalue weighted by atomic mass is 9.76. The Kier molecular flexibility index (Phi) is 4.70. The number of hydrogen-bond acceptors (Lipinski definition) is 2. The monoisotopic (exact) mass is 404 g/mol. The number of carbonyl (C=O) groups excluding carboxylic acids is 1. The summed E-state index contributed by atoms with van der Waals surface area (Å²) in [6.07, 6.45) is 8.12. The molecule has 2 heterocycles. The number of nitrogens with zero attached hydrogens (tertiary/aromatic N) is 2. The molecule has 0 bridgehead atoms. The number of amides is 1. The van der Waals surface area contributed by atoms with Crippen LogP contribution in [0.5, 0.6) is 0 Å². The van der Waals surface area contributed by atoms with Gasteiger partial charge in [-0.1, -0.05) is 42.3 Å². The summed E-state index contributed by atoms with van der Waals surface area (Å²) in [4.78, 5) is 18.3. The summed E-state index contributed by atoms with van der Waals surface area (Å²) < 4.78 is 1.07. The zero-order valence-corrected chi connectivity index (χ0v) is 17.0. The van der Waals surface area contributed by atoms with Crippen molar-refractivity contribution < 1.29 is 4.79 Å². The van der Waals surface area contributed by atoms with Gasteiger partial charge in [-0.2, -0.15) is 0 Å². The number of piperidine rings is 1. The molecule has 4 rings (SSSR count). The number of fused-ring (bicyclic) bond motifs is 1. The average Bonchev–Trinajstić information content (AvgIpc) is 2.83. The molecule has 0 radical (unpaired) electrons. The van der Waals surface area contributed by atoms with E-state index in [0.29, 0.717) is 18.0 Å². The highest BCUT2D eigenvalue weighted by Gasteiger charge is 2.52. The first-order chi connectivity index (χ1) is 12.1. The molecular formula is C21H29BrN2O. The molecule has 0 N–H and O–H groups in total. The van der Waals surface area contributed by atoms with E-state index in [1.807, 2.05) is 0 Å². The number of carbonyl (C=O) groups is 1. The van der Waals surface area contributed by atoms with Crippen molar-refractivity contribution >= 4 is 27.5 Å². The van der Waals surface area contributed by atoms with Gasteiger partial charge in [-0.3, -0.25) is 4.79 Å². The maximum atomic E-state index is 13.5. The molecule has 0 aromatic heterocycles. The van der Waals surface area contributed by atoms with Gasteiger partial charge in [0.2, 0.25) is 5.91 Å². The highest BCUT2D eigenvalue weighted by molar-refractivity contribution is 9.10. The second-order valence-corrected chi connectivity index (χ2v) is 8.92. The third-order valence-corrected chi connectivity index (χ3v) is 7.42. The molecule has 1 saturated heterocycles. The van der Waals surface area contributed by atoms with Crippen molar-refractivity contribution in [3.63, 3.8) is 0 Å². The lowest BCUT2D eigenvalue weighted by molar-refractivity contribution is -0.124. The lowest BCUT2D eigenvalue weighted by Gasteiger charge is -2.48. The summed E-state index contributed by atoms with van der Waals surface area (Å²) in [7, 11) is 0. The maximum Gasteiger partial charge on any atom is 0.237 e. The van der Waals surface area contributed by atoms with Gasteiger partial charge in [0, 0.05) is 22.2 Å².